The van der Waals surface area contributed by atoms with Crippen molar-refractivity contribution in [1.82, 2.24) is 19.4 Å². The summed E-state index contributed by atoms with van der Waals surface area (Å²) in [6, 6.07) is 17.6. The van der Waals surface area contributed by atoms with Crippen molar-refractivity contribution in [2.24, 2.45) is 7.05 Å². The molecule has 1 aromatic carbocycles. The fourth-order valence-corrected chi connectivity index (χ4v) is 4.00. The molecule has 0 atom stereocenters. The van der Waals surface area contributed by atoms with Crippen molar-refractivity contribution >= 4 is 10.9 Å². The predicted octanol–water partition coefficient (Wildman–Crippen LogP) is 4.23. The normalized spacial score (nSPS) is 11.2. The Balaban J connectivity index is 1.30. The van der Waals surface area contributed by atoms with E-state index in [-0.39, 0.29) is 5.56 Å². The summed E-state index contributed by atoms with van der Waals surface area (Å²) >= 11 is 0. The van der Waals surface area contributed by atoms with Gasteiger partial charge in [0, 0.05) is 56.4 Å². The Morgan fingerprint density at radius 3 is 2.58 bits per heavy atom. The zero-order valence-electron chi connectivity index (χ0n) is 19.1. The van der Waals surface area contributed by atoms with Crippen molar-refractivity contribution in [3.05, 3.63) is 101 Å². The van der Waals surface area contributed by atoms with Crippen LogP contribution in [0.25, 0.3) is 10.9 Å². The first-order chi connectivity index (χ1) is 16.2. The molecule has 6 heteroatoms. The van der Waals surface area contributed by atoms with E-state index in [0.717, 1.165) is 55.5 Å². The van der Waals surface area contributed by atoms with E-state index < -0.39 is 0 Å². The number of hydrogen-bond donors (Lipinski definition) is 0. The van der Waals surface area contributed by atoms with Crippen LogP contribution in [-0.2, 0) is 20.0 Å². The molecule has 0 saturated heterocycles. The summed E-state index contributed by atoms with van der Waals surface area (Å²) in [5, 5.41) is 1.00. The Labute approximate surface area is 194 Å². The van der Waals surface area contributed by atoms with Gasteiger partial charge >= 0.3 is 0 Å². The zero-order valence-corrected chi connectivity index (χ0v) is 19.1. The van der Waals surface area contributed by atoms with Crippen LogP contribution in [-0.4, -0.2) is 39.1 Å². The summed E-state index contributed by atoms with van der Waals surface area (Å²) in [4.78, 5) is 22.6. The Bertz CT molecular complexity index is 1210. The minimum atomic E-state index is -0.00557. The lowest BCUT2D eigenvalue weighted by Crippen LogP contribution is -2.27. The summed E-state index contributed by atoms with van der Waals surface area (Å²) in [5.41, 5.74) is 3.45. The SMILES string of the molecule is Cn1c(=O)ccc2cc(OCCCN(CCCc3cccnc3)Cc3ccncc3)ccc21. The lowest BCUT2D eigenvalue weighted by molar-refractivity contribution is 0.226. The van der Waals surface area contributed by atoms with Crippen molar-refractivity contribution in [3.8, 4) is 5.75 Å². The second kappa shape index (κ2) is 11.4. The van der Waals surface area contributed by atoms with Crippen LogP contribution in [0.1, 0.15) is 24.0 Å². The lowest BCUT2D eigenvalue weighted by Gasteiger charge is -2.22. The number of rotatable bonds is 11. The molecule has 0 bridgehead atoms. The fourth-order valence-electron chi connectivity index (χ4n) is 4.00. The third-order valence-electron chi connectivity index (χ3n) is 5.80. The smallest absolute Gasteiger partial charge is 0.250 e. The number of aromatic nitrogens is 3. The number of benzene rings is 1. The van der Waals surface area contributed by atoms with Crippen LogP contribution in [0.5, 0.6) is 5.75 Å². The van der Waals surface area contributed by atoms with Crippen molar-refractivity contribution in [2.45, 2.75) is 25.8 Å². The molecular weight excluding hydrogens is 412 g/mol. The molecule has 33 heavy (non-hydrogen) atoms. The fraction of sp³-hybridized carbons (Fsp3) is 0.296. The first-order valence-corrected chi connectivity index (χ1v) is 11.4. The van der Waals surface area contributed by atoms with Crippen molar-refractivity contribution in [3.63, 3.8) is 0 Å². The van der Waals surface area contributed by atoms with E-state index in [1.165, 1.54) is 11.1 Å². The van der Waals surface area contributed by atoms with E-state index >= 15 is 0 Å². The maximum Gasteiger partial charge on any atom is 0.250 e. The van der Waals surface area contributed by atoms with Crippen molar-refractivity contribution in [2.75, 3.05) is 19.7 Å². The van der Waals surface area contributed by atoms with Gasteiger partial charge in [0.2, 0.25) is 0 Å². The molecule has 0 radical (unpaired) electrons. The highest BCUT2D eigenvalue weighted by atomic mass is 16.5. The molecule has 170 valence electrons. The molecule has 0 unspecified atom stereocenters. The van der Waals surface area contributed by atoms with Gasteiger partial charge in [0.1, 0.15) is 5.75 Å². The maximum atomic E-state index is 11.8. The molecule has 0 aliphatic heterocycles. The quantitative estimate of drug-likeness (QED) is 0.325. The first-order valence-electron chi connectivity index (χ1n) is 11.4. The van der Waals surface area contributed by atoms with Crippen LogP contribution in [0.2, 0.25) is 0 Å². The monoisotopic (exact) mass is 442 g/mol. The van der Waals surface area contributed by atoms with Gasteiger partial charge in [-0.15, -0.1) is 0 Å². The van der Waals surface area contributed by atoms with E-state index in [4.69, 9.17) is 4.74 Å². The number of hydrogen-bond acceptors (Lipinski definition) is 5. The summed E-state index contributed by atoms with van der Waals surface area (Å²) in [6.07, 6.45) is 10.5. The van der Waals surface area contributed by atoms with Gasteiger partial charge in [-0.2, -0.15) is 0 Å². The average molecular weight is 443 g/mol. The Kier molecular flexibility index (Phi) is 7.82. The lowest BCUT2D eigenvalue weighted by atomic mass is 10.1. The van der Waals surface area contributed by atoms with Gasteiger partial charge in [0.05, 0.1) is 12.1 Å². The number of ether oxygens (including phenoxy) is 1. The molecule has 0 aliphatic rings. The average Bonchev–Trinajstić information content (AvgIpc) is 2.85. The van der Waals surface area contributed by atoms with E-state index in [1.807, 2.05) is 55.1 Å². The van der Waals surface area contributed by atoms with E-state index in [2.05, 4.69) is 33.1 Å². The molecule has 4 aromatic rings. The van der Waals surface area contributed by atoms with Gasteiger partial charge in [-0.3, -0.25) is 19.7 Å². The minimum absolute atomic E-state index is 0.00557. The highest BCUT2D eigenvalue weighted by Gasteiger charge is 2.08. The van der Waals surface area contributed by atoms with Crippen LogP contribution >= 0.6 is 0 Å². The topological polar surface area (TPSA) is 60.2 Å². The molecule has 0 fully saturated rings. The molecule has 0 amide bonds. The van der Waals surface area contributed by atoms with Gasteiger partial charge in [-0.25, -0.2) is 0 Å². The second-order valence-corrected chi connectivity index (χ2v) is 8.25. The Morgan fingerprint density at radius 1 is 0.909 bits per heavy atom. The highest BCUT2D eigenvalue weighted by Crippen LogP contribution is 2.19. The van der Waals surface area contributed by atoms with E-state index in [1.54, 1.807) is 17.7 Å². The number of fused-ring (bicyclic) bond motifs is 1. The molecule has 4 rings (SSSR count). The van der Waals surface area contributed by atoms with Crippen LogP contribution in [0, 0.1) is 0 Å². The van der Waals surface area contributed by atoms with Gasteiger partial charge in [-0.1, -0.05) is 6.07 Å². The third-order valence-corrected chi connectivity index (χ3v) is 5.80. The molecule has 0 saturated carbocycles. The molecule has 0 spiro atoms. The van der Waals surface area contributed by atoms with Crippen LogP contribution in [0.15, 0.2) is 84.2 Å². The molecule has 6 nitrogen and oxygen atoms in total. The molecule has 0 N–H and O–H groups in total. The Hall–Kier alpha value is -3.51. The minimum Gasteiger partial charge on any atom is -0.494 e. The third kappa shape index (κ3) is 6.49. The highest BCUT2D eigenvalue weighted by molar-refractivity contribution is 5.80. The van der Waals surface area contributed by atoms with Gasteiger partial charge < -0.3 is 9.30 Å². The summed E-state index contributed by atoms with van der Waals surface area (Å²) in [6.45, 7) is 3.52. The number of pyridine rings is 3. The van der Waals surface area contributed by atoms with Crippen LogP contribution in [0.3, 0.4) is 0 Å². The van der Waals surface area contributed by atoms with Crippen LogP contribution < -0.4 is 10.3 Å². The summed E-state index contributed by atoms with van der Waals surface area (Å²) < 4.78 is 7.68. The maximum absolute atomic E-state index is 11.8. The van der Waals surface area contributed by atoms with Crippen LogP contribution in [0.4, 0.5) is 0 Å². The van der Waals surface area contributed by atoms with Gasteiger partial charge in [0.25, 0.3) is 5.56 Å². The molecule has 3 aromatic heterocycles. The molecule has 3 heterocycles. The zero-order chi connectivity index (χ0) is 22.9. The summed E-state index contributed by atoms with van der Waals surface area (Å²) in [7, 11) is 1.79. The van der Waals surface area contributed by atoms with Crippen molar-refractivity contribution in [1.29, 1.82) is 0 Å². The van der Waals surface area contributed by atoms with E-state index in [0.29, 0.717) is 6.61 Å². The predicted molar refractivity (Wildman–Crippen MR) is 131 cm³/mol. The van der Waals surface area contributed by atoms with Gasteiger partial charge in [-0.05, 0) is 79.4 Å². The number of aryl methyl sites for hydroxylation is 2. The van der Waals surface area contributed by atoms with Crippen molar-refractivity contribution < 1.29 is 4.74 Å². The Morgan fingerprint density at radius 2 is 1.76 bits per heavy atom. The largest absolute Gasteiger partial charge is 0.494 e. The van der Waals surface area contributed by atoms with Gasteiger partial charge in [0.15, 0.2) is 0 Å². The molecular formula is C27H30N4O2. The standard InChI is InChI=1S/C27H30N4O2/c1-30-26-9-8-25(19-24(26)7-10-27(30)32)33-18-4-17-31(21-23-11-14-28-15-12-23)16-3-6-22-5-2-13-29-20-22/h2,5,7-15,19-20H,3-4,6,16-18,21H2,1H3. The molecule has 0 aliphatic carbocycles. The summed E-state index contributed by atoms with van der Waals surface area (Å²) in [5.74, 6) is 0.832. The second-order valence-electron chi connectivity index (χ2n) is 8.25. The van der Waals surface area contributed by atoms with E-state index in [9.17, 15) is 4.79 Å². The first kappa shape index (κ1) is 22.7. The number of nitrogens with zero attached hydrogens (tertiary/aromatic N) is 4.